The first-order valence-corrected chi connectivity index (χ1v) is 5.78. The van der Waals surface area contributed by atoms with E-state index in [4.69, 9.17) is 5.73 Å². The summed E-state index contributed by atoms with van der Waals surface area (Å²) in [6.07, 6.45) is 1.96. The van der Waals surface area contributed by atoms with Gasteiger partial charge in [-0.25, -0.2) is 4.99 Å². The maximum Gasteiger partial charge on any atom is 0.191 e. The van der Waals surface area contributed by atoms with Crippen molar-refractivity contribution in [3.8, 4) is 0 Å². The van der Waals surface area contributed by atoms with Gasteiger partial charge >= 0.3 is 0 Å². The fraction of sp³-hybridized carbons (Fsp3) is 0.636. The second kappa shape index (κ2) is 6.15. The van der Waals surface area contributed by atoms with E-state index in [1.807, 2.05) is 21.8 Å². The van der Waals surface area contributed by atoms with Crippen molar-refractivity contribution in [3.63, 3.8) is 0 Å². The molecule has 0 aliphatic heterocycles. The summed E-state index contributed by atoms with van der Waals surface area (Å²) in [6, 6.07) is 1.97. The smallest absolute Gasteiger partial charge is 0.191 e. The molecule has 0 spiro atoms. The molecule has 2 N–H and O–H groups in total. The molecule has 5 heteroatoms. The van der Waals surface area contributed by atoms with Gasteiger partial charge in [-0.05, 0) is 26.8 Å². The summed E-state index contributed by atoms with van der Waals surface area (Å²) in [6.45, 7) is 9.40. The molecule has 1 rings (SSSR count). The summed E-state index contributed by atoms with van der Waals surface area (Å²) >= 11 is 0. The van der Waals surface area contributed by atoms with E-state index in [1.165, 1.54) is 0 Å². The summed E-state index contributed by atoms with van der Waals surface area (Å²) in [5.41, 5.74) is 6.82. The van der Waals surface area contributed by atoms with E-state index in [2.05, 4.69) is 30.9 Å². The zero-order valence-electron chi connectivity index (χ0n) is 10.3. The predicted molar refractivity (Wildman–Crippen MR) is 66.1 cm³/mol. The van der Waals surface area contributed by atoms with Crippen molar-refractivity contribution in [1.29, 1.82) is 0 Å². The second-order valence-corrected chi connectivity index (χ2v) is 3.51. The molecule has 0 bridgehead atoms. The number of aliphatic imine (C=N–C) groups is 1. The maximum absolute atomic E-state index is 5.87. The molecule has 0 atom stereocenters. The normalized spacial score (nSPS) is 11.8. The number of hydrogen-bond acceptors (Lipinski definition) is 2. The lowest BCUT2D eigenvalue weighted by Gasteiger charge is -2.19. The molecule has 0 saturated carbocycles. The molecule has 0 amide bonds. The van der Waals surface area contributed by atoms with Gasteiger partial charge in [0.2, 0.25) is 0 Å². The van der Waals surface area contributed by atoms with Crippen LogP contribution in [0.1, 0.15) is 26.5 Å². The standard InChI is InChI=1S/C11H21N5/c1-4-15(5-2)11(12)13-9-10-7-8-16(6-3)14-10/h7-8H,4-6,9H2,1-3H3,(H2,12,13). The molecule has 5 nitrogen and oxygen atoms in total. The van der Waals surface area contributed by atoms with Crippen LogP contribution in [-0.2, 0) is 13.1 Å². The number of aromatic nitrogens is 2. The van der Waals surface area contributed by atoms with Gasteiger partial charge in [0.15, 0.2) is 5.96 Å². The number of aryl methyl sites for hydroxylation is 1. The molecular formula is C11H21N5. The first kappa shape index (κ1) is 12.5. The number of nitrogens with zero attached hydrogens (tertiary/aromatic N) is 4. The van der Waals surface area contributed by atoms with Gasteiger partial charge in [0.1, 0.15) is 0 Å². The van der Waals surface area contributed by atoms with Crippen molar-refractivity contribution in [2.45, 2.75) is 33.9 Å². The van der Waals surface area contributed by atoms with Crippen LogP contribution in [-0.4, -0.2) is 33.7 Å². The molecule has 0 fully saturated rings. The van der Waals surface area contributed by atoms with Crippen LogP contribution in [0.25, 0.3) is 0 Å². The third kappa shape index (κ3) is 3.25. The molecule has 0 radical (unpaired) electrons. The van der Waals surface area contributed by atoms with Gasteiger partial charge < -0.3 is 10.6 Å². The minimum absolute atomic E-state index is 0.551. The van der Waals surface area contributed by atoms with Crippen LogP contribution >= 0.6 is 0 Å². The van der Waals surface area contributed by atoms with Crippen LogP contribution in [0.5, 0.6) is 0 Å². The minimum Gasteiger partial charge on any atom is -0.370 e. The summed E-state index contributed by atoms with van der Waals surface area (Å²) in [5.74, 6) is 0.594. The maximum atomic E-state index is 5.87. The molecule has 0 saturated heterocycles. The van der Waals surface area contributed by atoms with Crippen molar-refractivity contribution < 1.29 is 0 Å². The van der Waals surface area contributed by atoms with Crippen molar-refractivity contribution in [1.82, 2.24) is 14.7 Å². The zero-order valence-corrected chi connectivity index (χ0v) is 10.3. The molecular weight excluding hydrogens is 202 g/mol. The lowest BCUT2D eigenvalue weighted by Crippen LogP contribution is -2.37. The Morgan fingerprint density at radius 1 is 1.44 bits per heavy atom. The van der Waals surface area contributed by atoms with Gasteiger partial charge in [-0.2, -0.15) is 5.10 Å². The highest BCUT2D eigenvalue weighted by molar-refractivity contribution is 5.77. The Morgan fingerprint density at radius 3 is 2.62 bits per heavy atom. The molecule has 0 aromatic carbocycles. The Bertz CT molecular complexity index is 338. The highest BCUT2D eigenvalue weighted by Crippen LogP contribution is 1.98. The summed E-state index contributed by atoms with van der Waals surface area (Å²) in [5, 5.41) is 4.35. The molecule has 0 unspecified atom stereocenters. The molecule has 0 aliphatic carbocycles. The quantitative estimate of drug-likeness (QED) is 0.600. The largest absolute Gasteiger partial charge is 0.370 e. The van der Waals surface area contributed by atoms with Crippen molar-refractivity contribution in [2.24, 2.45) is 10.7 Å². The van der Waals surface area contributed by atoms with Crippen LogP contribution in [0.3, 0.4) is 0 Å². The van der Waals surface area contributed by atoms with Crippen molar-refractivity contribution >= 4 is 5.96 Å². The van der Waals surface area contributed by atoms with Crippen LogP contribution in [0.15, 0.2) is 17.3 Å². The third-order valence-electron chi connectivity index (χ3n) is 2.51. The number of hydrogen-bond donors (Lipinski definition) is 1. The Balaban J connectivity index is 2.57. The van der Waals surface area contributed by atoms with Gasteiger partial charge in [0, 0.05) is 25.8 Å². The minimum atomic E-state index is 0.551. The van der Waals surface area contributed by atoms with E-state index in [0.717, 1.165) is 25.3 Å². The van der Waals surface area contributed by atoms with Crippen molar-refractivity contribution in [2.75, 3.05) is 13.1 Å². The average molecular weight is 223 g/mol. The van der Waals surface area contributed by atoms with E-state index in [0.29, 0.717) is 12.5 Å². The van der Waals surface area contributed by atoms with Gasteiger partial charge in [0.05, 0.1) is 12.2 Å². The second-order valence-electron chi connectivity index (χ2n) is 3.51. The number of guanidine groups is 1. The molecule has 1 heterocycles. The van der Waals surface area contributed by atoms with Crippen molar-refractivity contribution in [3.05, 3.63) is 18.0 Å². The lowest BCUT2D eigenvalue weighted by atomic mass is 10.4. The predicted octanol–water partition coefficient (Wildman–Crippen LogP) is 1.06. The van der Waals surface area contributed by atoms with Gasteiger partial charge in [-0.1, -0.05) is 0 Å². The Morgan fingerprint density at radius 2 is 2.12 bits per heavy atom. The SMILES string of the molecule is CCN(CC)C(N)=NCc1ccn(CC)n1. The molecule has 1 aromatic heterocycles. The van der Waals surface area contributed by atoms with Crippen LogP contribution in [0.2, 0.25) is 0 Å². The first-order chi connectivity index (χ1) is 7.71. The molecule has 0 aliphatic rings. The lowest BCUT2D eigenvalue weighted by molar-refractivity contribution is 0.458. The van der Waals surface area contributed by atoms with Crippen LogP contribution < -0.4 is 5.73 Å². The molecule has 1 aromatic rings. The Hall–Kier alpha value is -1.52. The highest BCUT2D eigenvalue weighted by Gasteiger charge is 2.02. The average Bonchev–Trinajstić information content (AvgIpc) is 2.76. The van der Waals surface area contributed by atoms with E-state index < -0.39 is 0 Å². The van der Waals surface area contributed by atoms with E-state index in [9.17, 15) is 0 Å². The van der Waals surface area contributed by atoms with E-state index in [-0.39, 0.29) is 0 Å². The van der Waals surface area contributed by atoms with E-state index >= 15 is 0 Å². The van der Waals surface area contributed by atoms with Gasteiger partial charge in [0.25, 0.3) is 0 Å². The summed E-state index contributed by atoms with van der Waals surface area (Å²) in [7, 11) is 0. The Kier molecular flexibility index (Phi) is 4.82. The fourth-order valence-corrected chi connectivity index (χ4v) is 1.47. The summed E-state index contributed by atoms with van der Waals surface area (Å²) in [4.78, 5) is 6.35. The zero-order chi connectivity index (χ0) is 12.0. The molecule has 16 heavy (non-hydrogen) atoms. The van der Waals surface area contributed by atoms with E-state index in [1.54, 1.807) is 0 Å². The third-order valence-corrected chi connectivity index (χ3v) is 2.51. The Labute approximate surface area is 97.0 Å². The van der Waals surface area contributed by atoms with Gasteiger partial charge in [-0.15, -0.1) is 0 Å². The van der Waals surface area contributed by atoms with Crippen LogP contribution in [0.4, 0.5) is 0 Å². The van der Waals surface area contributed by atoms with Gasteiger partial charge in [-0.3, -0.25) is 4.68 Å². The monoisotopic (exact) mass is 223 g/mol. The van der Waals surface area contributed by atoms with Crippen LogP contribution in [0, 0.1) is 0 Å². The number of rotatable bonds is 5. The summed E-state index contributed by atoms with van der Waals surface area (Å²) < 4.78 is 1.89. The molecule has 90 valence electrons. The number of nitrogens with two attached hydrogens (primary N) is 1. The fourth-order valence-electron chi connectivity index (χ4n) is 1.47. The highest BCUT2D eigenvalue weighted by atomic mass is 15.3. The first-order valence-electron chi connectivity index (χ1n) is 5.78. The topological polar surface area (TPSA) is 59.4 Å².